The number of pyridine rings is 2. The molecule has 1 fully saturated rings. The van der Waals surface area contributed by atoms with E-state index in [4.69, 9.17) is 0 Å². The summed E-state index contributed by atoms with van der Waals surface area (Å²) in [5, 5.41) is 13.7. The predicted octanol–water partition coefficient (Wildman–Crippen LogP) is 2.69. The Morgan fingerprint density at radius 2 is 1.92 bits per heavy atom. The fourth-order valence-corrected chi connectivity index (χ4v) is 3.90. The van der Waals surface area contributed by atoms with Crippen molar-refractivity contribution in [3.63, 3.8) is 0 Å². The summed E-state index contributed by atoms with van der Waals surface area (Å²) in [6.45, 7) is 6.22. The molecule has 0 aromatic carbocycles. The van der Waals surface area contributed by atoms with Gasteiger partial charge in [-0.2, -0.15) is 0 Å². The van der Waals surface area contributed by atoms with Crippen LogP contribution >= 0.6 is 24.8 Å². The van der Waals surface area contributed by atoms with Gasteiger partial charge in [0.2, 0.25) is 0 Å². The SMILES string of the molecule is CC(C)(O)c1cncc(-c2cc3n(c(=O)c2)C[C@@H]2CNC[C@H]3C2)c1.Cl.Cl. The number of fused-ring (bicyclic) bond motifs is 4. The average Bonchev–Trinajstić information content (AvgIpc) is 2.55. The molecule has 2 atom stereocenters. The van der Waals surface area contributed by atoms with Gasteiger partial charge in [0.05, 0.1) is 5.60 Å². The van der Waals surface area contributed by atoms with Gasteiger partial charge in [-0.25, -0.2) is 0 Å². The first-order chi connectivity index (χ1) is 11.4. The Labute approximate surface area is 165 Å². The first-order valence-corrected chi connectivity index (χ1v) is 8.55. The van der Waals surface area contributed by atoms with Gasteiger partial charge in [-0.05, 0) is 50.4 Å². The molecule has 2 N–H and O–H groups in total. The number of rotatable bonds is 2. The molecule has 2 aromatic heterocycles. The lowest BCUT2D eigenvalue weighted by Crippen LogP contribution is -2.44. The molecule has 0 radical (unpaired) electrons. The summed E-state index contributed by atoms with van der Waals surface area (Å²) < 4.78 is 1.94. The molecular formula is C19H25Cl2N3O2. The van der Waals surface area contributed by atoms with Crippen molar-refractivity contribution in [2.75, 3.05) is 13.1 Å². The molecule has 2 bridgehead atoms. The second-order valence-corrected chi connectivity index (χ2v) is 7.60. The molecule has 0 saturated carbocycles. The zero-order valence-electron chi connectivity index (χ0n) is 14.9. The summed E-state index contributed by atoms with van der Waals surface area (Å²) in [7, 11) is 0. The summed E-state index contributed by atoms with van der Waals surface area (Å²) in [6, 6.07) is 5.74. The van der Waals surface area contributed by atoms with Crippen LogP contribution < -0.4 is 10.9 Å². The van der Waals surface area contributed by atoms with Crippen LogP contribution in [0, 0.1) is 5.92 Å². The highest BCUT2D eigenvalue weighted by Crippen LogP contribution is 2.34. The quantitative estimate of drug-likeness (QED) is 0.817. The highest BCUT2D eigenvalue weighted by molar-refractivity contribution is 5.85. The molecule has 0 amide bonds. The van der Waals surface area contributed by atoms with Crippen molar-refractivity contribution in [2.45, 2.75) is 38.3 Å². The molecule has 2 aliphatic rings. The van der Waals surface area contributed by atoms with Gasteiger partial charge in [0.15, 0.2) is 0 Å². The van der Waals surface area contributed by atoms with E-state index in [0.29, 0.717) is 11.8 Å². The average molecular weight is 398 g/mol. The van der Waals surface area contributed by atoms with Crippen molar-refractivity contribution >= 4 is 24.8 Å². The maximum atomic E-state index is 12.6. The van der Waals surface area contributed by atoms with Crippen LogP contribution in [0.15, 0.2) is 35.4 Å². The first-order valence-electron chi connectivity index (χ1n) is 8.55. The third-order valence-corrected chi connectivity index (χ3v) is 5.24. The van der Waals surface area contributed by atoms with Crippen LogP contribution in [-0.4, -0.2) is 27.7 Å². The monoisotopic (exact) mass is 397 g/mol. The number of halogens is 2. The molecule has 5 nitrogen and oxygen atoms in total. The van der Waals surface area contributed by atoms with Crippen molar-refractivity contribution in [1.82, 2.24) is 14.9 Å². The van der Waals surface area contributed by atoms with Crippen LogP contribution in [0.1, 0.15) is 37.4 Å². The number of aliphatic hydroxyl groups is 1. The first kappa shape index (κ1) is 20.9. The van der Waals surface area contributed by atoms with Gasteiger partial charge in [0.25, 0.3) is 5.56 Å². The summed E-state index contributed by atoms with van der Waals surface area (Å²) in [5.74, 6) is 0.954. The van der Waals surface area contributed by atoms with Crippen molar-refractivity contribution in [3.8, 4) is 11.1 Å². The van der Waals surface area contributed by atoms with E-state index in [1.54, 1.807) is 32.3 Å². The molecular weight excluding hydrogens is 373 g/mol. The second-order valence-electron chi connectivity index (χ2n) is 7.60. The molecule has 4 heterocycles. The minimum absolute atomic E-state index is 0. The maximum absolute atomic E-state index is 12.6. The Kier molecular flexibility index (Phi) is 6.18. The highest BCUT2D eigenvalue weighted by Gasteiger charge is 2.31. The minimum atomic E-state index is -0.952. The van der Waals surface area contributed by atoms with Crippen LogP contribution in [0.4, 0.5) is 0 Å². The van der Waals surface area contributed by atoms with Crippen LogP contribution in [0.2, 0.25) is 0 Å². The summed E-state index contributed by atoms with van der Waals surface area (Å²) in [6.07, 6.45) is 4.58. The summed E-state index contributed by atoms with van der Waals surface area (Å²) in [5.41, 5.74) is 2.74. The van der Waals surface area contributed by atoms with E-state index in [1.807, 2.05) is 10.6 Å². The number of piperidine rings is 1. The van der Waals surface area contributed by atoms with E-state index in [-0.39, 0.29) is 30.4 Å². The molecule has 0 spiro atoms. The lowest BCUT2D eigenvalue weighted by molar-refractivity contribution is 0.0783. The Bertz CT molecular complexity index is 845. The number of nitrogens with zero attached hydrogens (tertiary/aromatic N) is 2. The molecule has 142 valence electrons. The lowest BCUT2D eigenvalue weighted by Gasteiger charge is -2.37. The number of nitrogens with one attached hydrogen (secondary N) is 1. The topological polar surface area (TPSA) is 67.2 Å². The zero-order chi connectivity index (χ0) is 16.9. The maximum Gasteiger partial charge on any atom is 0.251 e. The molecule has 0 aliphatic carbocycles. The Morgan fingerprint density at radius 1 is 1.15 bits per heavy atom. The Hall–Kier alpha value is -1.40. The molecule has 1 saturated heterocycles. The van der Waals surface area contributed by atoms with Crippen molar-refractivity contribution in [2.24, 2.45) is 5.92 Å². The van der Waals surface area contributed by atoms with Gasteiger partial charge < -0.3 is 15.0 Å². The number of hydrogen-bond donors (Lipinski definition) is 2. The van der Waals surface area contributed by atoms with Gasteiger partial charge in [0.1, 0.15) is 0 Å². The van der Waals surface area contributed by atoms with Crippen LogP contribution in [0.25, 0.3) is 11.1 Å². The third kappa shape index (κ3) is 3.81. The zero-order valence-corrected chi connectivity index (χ0v) is 16.6. The second kappa shape index (κ2) is 7.69. The van der Waals surface area contributed by atoms with Gasteiger partial charge >= 0.3 is 0 Å². The Morgan fingerprint density at radius 3 is 2.65 bits per heavy atom. The van der Waals surface area contributed by atoms with E-state index >= 15 is 0 Å². The van der Waals surface area contributed by atoms with Crippen LogP contribution in [0.5, 0.6) is 0 Å². The molecule has 7 heteroatoms. The van der Waals surface area contributed by atoms with Gasteiger partial charge in [-0.3, -0.25) is 9.78 Å². The predicted molar refractivity (Wildman–Crippen MR) is 107 cm³/mol. The molecule has 4 rings (SSSR count). The van der Waals surface area contributed by atoms with E-state index in [9.17, 15) is 9.90 Å². The van der Waals surface area contributed by atoms with Crippen LogP contribution in [0.3, 0.4) is 0 Å². The van der Waals surface area contributed by atoms with E-state index in [1.165, 1.54) is 0 Å². The van der Waals surface area contributed by atoms with E-state index < -0.39 is 5.60 Å². The number of hydrogen-bond acceptors (Lipinski definition) is 4. The Balaban J connectivity index is 0.00000121. The fourth-order valence-electron chi connectivity index (χ4n) is 3.90. The van der Waals surface area contributed by atoms with Crippen molar-refractivity contribution in [1.29, 1.82) is 0 Å². The standard InChI is InChI=1S/C19H23N3O2.2ClH/c1-19(2,24)16-4-14(8-21-10-16)13-5-17-15-3-12(7-20-9-15)11-22(17)18(23)6-13;;/h4-6,8,10,12,15,20,24H,3,7,9,11H2,1-2H3;2*1H/t12-,15+;;/m0../s1. The van der Waals surface area contributed by atoms with Gasteiger partial charge in [-0.15, -0.1) is 24.8 Å². The lowest BCUT2D eigenvalue weighted by atomic mass is 9.83. The highest BCUT2D eigenvalue weighted by atomic mass is 35.5. The molecule has 2 aliphatic heterocycles. The minimum Gasteiger partial charge on any atom is -0.386 e. The smallest absolute Gasteiger partial charge is 0.251 e. The molecule has 26 heavy (non-hydrogen) atoms. The molecule has 0 unspecified atom stereocenters. The number of aromatic nitrogens is 2. The largest absolute Gasteiger partial charge is 0.386 e. The van der Waals surface area contributed by atoms with Gasteiger partial charge in [0, 0.05) is 54.3 Å². The fraction of sp³-hybridized carbons (Fsp3) is 0.474. The van der Waals surface area contributed by atoms with Gasteiger partial charge in [-0.1, -0.05) is 0 Å². The van der Waals surface area contributed by atoms with E-state index in [0.717, 1.165) is 48.4 Å². The normalized spacial score (nSPS) is 21.2. The van der Waals surface area contributed by atoms with Crippen LogP contribution in [-0.2, 0) is 12.1 Å². The van der Waals surface area contributed by atoms with E-state index in [2.05, 4.69) is 16.4 Å². The van der Waals surface area contributed by atoms with Crippen molar-refractivity contribution < 1.29 is 5.11 Å². The molecule has 2 aromatic rings. The summed E-state index contributed by atoms with van der Waals surface area (Å²) >= 11 is 0. The summed E-state index contributed by atoms with van der Waals surface area (Å²) in [4.78, 5) is 16.9. The third-order valence-electron chi connectivity index (χ3n) is 5.24. The van der Waals surface area contributed by atoms with Crippen molar-refractivity contribution in [3.05, 3.63) is 52.2 Å².